The highest BCUT2D eigenvalue weighted by Crippen LogP contribution is 2.37. The van der Waals surface area contributed by atoms with Crippen LogP contribution in [0.2, 0.25) is 0 Å². The maximum Gasteiger partial charge on any atom is 0.137 e. The monoisotopic (exact) mass is 290 g/mol. The van der Waals surface area contributed by atoms with E-state index in [0.717, 1.165) is 49.2 Å². The molecule has 0 saturated heterocycles. The van der Waals surface area contributed by atoms with E-state index in [1.165, 1.54) is 18.4 Å². The van der Waals surface area contributed by atoms with Gasteiger partial charge in [-0.3, -0.25) is 0 Å². The highest BCUT2D eigenvalue weighted by molar-refractivity contribution is 5.59. The molecule has 1 aromatic heterocycles. The second kappa shape index (κ2) is 7.10. The Labute approximate surface area is 129 Å². The number of hydrogen-bond donors (Lipinski definition) is 1. The van der Waals surface area contributed by atoms with Crippen molar-refractivity contribution in [2.75, 3.05) is 23.8 Å². The minimum absolute atomic E-state index is 0.562. The topological polar surface area (TPSA) is 41.1 Å². The van der Waals surface area contributed by atoms with E-state index in [1.807, 2.05) is 0 Å². The van der Waals surface area contributed by atoms with Gasteiger partial charge in [-0.25, -0.2) is 9.97 Å². The maximum atomic E-state index is 4.84. The van der Waals surface area contributed by atoms with Gasteiger partial charge in [-0.2, -0.15) is 0 Å². The molecule has 0 amide bonds. The van der Waals surface area contributed by atoms with E-state index in [2.05, 4.69) is 45.0 Å². The smallest absolute Gasteiger partial charge is 0.137 e. The first kappa shape index (κ1) is 16.1. The summed E-state index contributed by atoms with van der Waals surface area (Å²) in [4.78, 5) is 11.9. The predicted octanol–water partition coefficient (Wildman–Crippen LogP) is 3.79. The number of aryl methyl sites for hydroxylation is 1. The molecule has 1 heterocycles. The lowest BCUT2D eigenvalue weighted by Crippen LogP contribution is -2.32. The fourth-order valence-corrected chi connectivity index (χ4v) is 2.73. The summed E-state index contributed by atoms with van der Waals surface area (Å²) in [5.41, 5.74) is 1.18. The molecule has 4 heteroatoms. The SMILES string of the molecule is CCCNc1nc(CCC)nc(N(C)C(C)C2CC2)c1C. The lowest BCUT2D eigenvalue weighted by atomic mass is 10.1. The average molecular weight is 290 g/mol. The van der Waals surface area contributed by atoms with Crippen LogP contribution in [-0.4, -0.2) is 29.6 Å². The van der Waals surface area contributed by atoms with Crippen LogP contribution in [0.1, 0.15) is 57.8 Å². The van der Waals surface area contributed by atoms with Crippen LogP contribution in [0.3, 0.4) is 0 Å². The molecule has 0 bridgehead atoms. The number of aromatic nitrogens is 2. The van der Waals surface area contributed by atoms with E-state index < -0.39 is 0 Å². The van der Waals surface area contributed by atoms with Gasteiger partial charge in [0.15, 0.2) is 0 Å². The van der Waals surface area contributed by atoms with Gasteiger partial charge in [0, 0.05) is 31.6 Å². The van der Waals surface area contributed by atoms with Crippen molar-refractivity contribution in [1.29, 1.82) is 0 Å². The van der Waals surface area contributed by atoms with Gasteiger partial charge in [-0.15, -0.1) is 0 Å². The van der Waals surface area contributed by atoms with Crippen molar-refractivity contribution >= 4 is 11.6 Å². The number of nitrogens with zero attached hydrogens (tertiary/aromatic N) is 3. The summed E-state index contributed by atoms with van der Waals surface area (Å²) in [7, 11) is 2.18. The standard InChI is InChI=1S/C17H30N4/c1-6-8-15-19-16(18-11-7-2)12(3)17(20-15)21(5)13(4)14-9-10-14/h13-14H,6-11H2,1-5H3,(H,18,19,20). The molecule has 0 spiro atoms. The first-order chi connectivity index (χ1) is 10.1. The Hall–Kier alpha value is -1.32. The van der Waals surface area contributed by atoms with Crippen LogP contribution in [0.15, 0.2) is 0 Å². The zero-order chi connectivity index (χ0) is 15.4. The Morgan fingerprint density at radius 2 is 1.95 bits per heavy atom. The molecule has 0 aromatic carbocycles. The predicted molar refractivity (Wildman–Crippen MR) is 90.1 cm³/mol. The average Bonchev–Trinajstić information content (AvgIpc) is 3.31. The summed E-state index contributed by atoms with van der Waals surface area (Å²) in [6, 6.07) is 0.562. The van der Waals surface area contributed by atoms with Crippen molar-refractivity contribution in [2.24, 2.45) is 5.92 Å². The van der Waals surface area contributed by atoms with Crippen LogP contribution in [-0.2, 0) is 6.42 Å². The minimum atomic E-state index is 0.562. The van der Waals surface area contributed by atoms with Gasteiger partial charge < -0.3 is 10.2 Å². The van der Waals surface area contributed by atoms with Crippen LogP contribution >= 0.6 is 0 Å². The van der Waals surface area contributed by atoms with Crippen molar-refractivity contribution in [2.45, 2.75) is 65.8 Å². The summed E-state index contributed by atoms with van der Waals surface area (Å²) in [5, 5.41) is 3.46. The van der Waals surface area contributed by atoms with E-state index in [-0.39, 0.29) is 0 Å². The van der Waals surface area contributed by atoms with E-state index in [4.69, 9.17) is 9.97 Å². The van der Waals surface area contributed by atoms with Crippen LogP contribution in [0.5, 0.6) is 0 Å². The molecule has 4 nitrogen and oxygen atoms in total. The van der Waals surface area contributed by atoms with Crippen molar-refractivity contribution in [3.05, 3.63) is 11.4 Å². The molecule has 1 N–H and O–H groups in total. The highest BCUT2D eigenvalue weighted by atomic mass is 15.2. The molecule has 1 atom stereocenters. The molecule has 1 aliphatic rings. The van der Waals surface area contributed by atoms with E-state index in [9.17, 15) is 0 Å². The van der Waals surface area contributed by atoms with Crippen LogP contribution in [0, 0.1) is 12.8 Å². The second-order valence-corrected chi connectivity index (χ2v) is 6.30. The first-order valence-corrected chi connectivity index (χ1v) is 8.42. The fraction of sp³-hybridized carbons (Fsp3) is 0.765. The Balaban J connectivity index is 2.29. The summed E-state index contributed by atoms with van der Waals surface area (Å²) in [5.74, 6) is 3.92. The summed E-state index contributed by atoms with van der Waals surface area (Å²) >= 11 is 0. The first-order valence-electron chi connectivity index (χ1n) is 8.42. The van der Waals surface area contributed by atoms with Gasteiger partial charge in [-0.05, 0) is 45.4 Å². The molecule has 21 heavy (non-hydrogen) atoms. The van der Waals surface area contributed by atoms with Crippen LogP contribution < -0.4 is 10.2 Å². The van der Waals surface area contributed by atoms with Gasteiger partial charge in [-0.1, -0.05) is 13.8 Å². The molecule has 1 unspecified atom stereocenters. The summed E-state index contributed by atoms with van der Waals surface area (Å²) in [6.45, 7) is 9.78. The Morgan fingerprint density at radius 1 is 1.24 bits per heavy atom. The fourth-order valence-electron chi connectivity index (χ4n) is 2.73. The molecule has 1 saturated carbocycles. The molecule has 118 valence electrons. The van der Waals surface area contributed by atoms with Crippen LogP contribution in [0.4, 0.5) is 11.6 Å². The largest absolute Gasteiger partial charge is 0.370 e. The van der Waals surface area contributed by atoms with Crippen molar-refractivity contribution in [1.82, 2.24) is 9.97 Å². The molecule has 1 aliphatic carbocycles. The quantitative estimate of drug-likeness (QED) is 0.791. The van der Waals surface area contributed by atoms with Gasteiger partial charge in [0.25, 0.3) is 0 Å². The minimum Gasteiger partial charge on any atom is -0.370 e. The normalized spacial score (nSPS) is 15.9. The molecule has 1 fully saturated rings. The molecular formula is C17H30N4. The zero-order valence-electron chi connectivity index (χ0n) is 14.2. The van der Waals surface area contributed by atoms with Gasteiger partial charge >= 0.3 is 0 Å². The summed E-state index contributed by atoms with van der Waals surface area (Å²) in [6.07, 6.45) is 5.85. The van der Waals surface area contributed by atoms with E-state index >= 15 is 0 Å². The third kappa shape index (κ3) is 3.86. The zero-order valence-corrected chi connectivity index (χ0v) is 14.2. The maximum absolute atomic E-state index is 4.84. The Bertz CT molecular complexity index is 468. The number of hydrogen-bond acceptors (Lipinski definition) is 4. The Kier molecular flexibility index (Phi) is 5.43. The number of anilines is 2. The third-order valence-electron chi connectivity index (χ3n) is 4.43. The van der Waals surface area contributed by atoms with Gasteiger partial charge in [0.05, 0.1) is 0 Å². The molecule has 0 radical (unpaired) electrons. The second-order valence-electron chi connectivity index (χ2n) is 6.30. The molecular weight excluding hydrogens is 260 g/mol. The molecule has 0 aliphatic heterocycles. The van der Waals surface area contributed by atoms with Gasteiger partial charge in [0.2, 0.25) is 0 Å². The summed E-state index contributed by atoms with van der Waals surface area (Å²) < 4.78 is 0. The van der Waals surface area contributed by atoms with Crippen molar-refractivity contribution in [3.63, 3.8) is 0 Å². The number of rotatable bonds is 8. The van der Waals surface area contributed by atoms with Crippen LogP contribution in [0.25, 0.3) is 0 Å². The van der Waals surface area contributed by atoms with Crippen molar-refractivity contribution < 1.29 is 0 Å². The Morgan fingerprint density at radius 3 is 2.52 bits per heavy atom. The van der Waals surface area contributed by atoms with E-state index in [1.54, 1.807) is 0 Å². The van der Waals surface area contributed by atoms with Crippen molar-refractivity contribution in [3.8, 4) is 0 Å². The molecule has 2 rings (SSSR count). The number of nitrogens with one attached hydrogen (secondary N) is 1. The highest BCUT2D eigenvalue weighted by Gasteiger charge is 2.32. The third-order valence-corrected chi connectivity index (χ3v) is 4.43. The lowest BCUT2D eigenvalue weighted by Gasteiger charge is -2.28. The van der Waals surface area contributed by atoms with Gasteiger partial charge in [0.1, 0.15) is 17.5 Å². The lowest BCUT2D eigenvalue weighted by molar-refractivity contribution is 0.600. The van der Waals surface area contributed by atoms with E-state index in [0.29, 0.717) is 6.04 Å². The molecule has 1 aromatic rings.